The van der Waals surface area contributed by atoms with E-state index in [4.69, 9.17) is 0 Å². The third-order valence-corrected chi connectivity index (χ3v) is 4.08. The first-order valence-electron chi connectivity index (χ1n) is 5.01. The Morgan fingerprint density at radius 3 is 2.75 bits per heavy atom. The van der Waals surface area contributed by atoms with Gasteiger partial charge in [-0.1, -0.05) is 0 Å². The van der Waals surface area contributed by atoms with Crippen LogP contribution in [-0.2, 0) is 0 Å². The lowest BCUT2D eigenvalue weighted by atomic mass is 9.90. The monoisotopic (exact) mass is 169 g/mol. The molecule has 2 saturated heterocycles. The summed E-state index contributed by atoms with van der Waals surface area (Å²) < 4.78 is 13.1. The largest absolute Gasteiger partial charge is 0.294 e. The first kappa shape index (κ1) is 7.31. The van der Waals surface area contributed by atoms with Gasteiger partial charge in [0.15, 0.2) is 0 Å². The molecule has 3 aliphatic rings. The summed E-state index contributed by atoms with van der Waals surface area (Å²) in [5.74, 6) is 0. The minimum atomic E-state index is -0.550. The number of hydrogen-bond acceptors (Lipinski definition) is 1. The van der Waals surface area contributed by atoms with Gasteiger partial charge in [-0.05, 0) is 38.0 Å². The quantitative estimate of drug-likeness (QED) is 0.536. The van der Waals surface area contributed by atoms with Gasteiger partial charge in [-0.25, -0.2) is 4.39 Å². The number of rotatable bonds is 0. The van der Waals surface area contributed by atoms with Gasteiger partial charge in [-0.2, -0.15) is 0 Å². The molecule has 3 fully saturated rings. The summed E-state index contributed by atoms with van der Waals surface area (Å²) in [7, 11) is 0. The predicted molar refractivity (Wildman–Crippen MR) is 45.8 cm³/mol. The topological polar surface area (TPSA) is 3.24 Å². The van der Waals surface area contributed by atoms with E-state index in [-0.39, 0.29) is 5.54 Å². The van der Waals surface area contributed by atoms with Crippen LogP contribution in [0.2, 0.25) is 0 Å². The second-order valence-electron chi connectivity index (χ2n) is 5.36. The first-order valence-corrected chi connectivity index (χ1v) is 5.01. The van der Waals surface area contributed by atoms with Crippen molar-refractivity contribution in [1.82, 2.24) is 4.90 Å². The summed E-state index contributed by atoms with van der Waals surface area (Å²) >= 11 is 0. The summed E-state index contributed by atoms with van der Waals surface area (Å²) in [6.07, 6.45) is 4.30. The van der Waals surface area contributed by atoms with E-state index in [0.717, 1.165) is 6.42 Å². The second kappa shape index (κ2) is 1.87. The van der Waals surface area contributed by atoms with Gasteiger partial charge >= 0.3 is 0 Å². The molecule has 2 atom stereocenters. The average Bonchev–Trinajstić information content (AvgIpc) is 2.52. The maximum Gasteiger partial charge on any atom is 0.115 e. The molecule has 0 bridgehead atoms. The zero-order valence-corrected chi connectivity index (χ0v) is 7.65. The zero-order valence-electron chi connectivity index (χ0n) is 7.65. The van der Waals surface area contributed by atoms with E-state index in [1.807, 2.05) is 0 Å². The van der Waals surface area contributed by atoms with E-state index in [2.05, 4.69) is 11.8 Å². The van der Waals surface area contributed by atoms with Crippen molar-refractivity contribution < 1.29 is 4.39 Å². The summed E-state index contributed by atoms with van der Waals surface area (Å²) in [4.78, 5) is 2.39. The maximum atomic E-state index is 13.1. The number of alkyl halides is 1. The summed E-state index contributed by atoms with van der Waals surface area (Å²) in [6, 6.07) is 0. The molecule has 2 unspecified atom stereocenters. The fourth-order valence-corrected chi connectivity index (χ4v) is 3.35. The fraction of sp³-hybridized carbons (Fsp3) is 1.00. The molecule has 0 aromatic heterocycles. The lowest BCUT2D eigenvalue weighted by Gasteiger charge is -2.25. The Kier molecular flexibility index (Phi) is 1.14. The molecule has 1 aliphatic carbocycles. The van der Waals surface area contributed by atoms with Crippen LogP contribution in [0.25, 0.3) is 0 Å². The highest BCUT2D eigenvalue weighted by Gasteiger charge is 2.59. The fourth-order valence-electron chi connectivity index (χ4n) is 3.35. The van der Waals surface area contributed by atoms with Crippen LogP contribution in [0, 0.1) is 5.41 Å². The van der Waals surface area contributed by atoms with Crippen LogP contribution >= 0.6 is 0 Å². The molecule has 0 aromatic carbocycles. The Labute approximate surface area is 72.9 Å². The van der Waals surface area contributed by atoms with Crippen LogP contribution in [-0.4, -0.2) is 29.7 Å². The second-order valence-corrected chi connectivity index (χ2v) is 5.36. The normalized spacial score (nSPS) is 50.0. The summed E-state index contributed by atoms with van der Waals surface area (Å²) in [5.41, 5.74) is 0.880. The lowest BCUT2D eigenvalue weighted by Crippen LogP contribution is -2.34. The molecule has 1 spiro atoms. The van der Waals surface area contributed by atoms with Gasteiger partial charge in [-0.3, -0.25) is 4.90 Å². The van der Waals surface area contributed by atoms with Crippen molar-refractivity contribution in [3.05, 3.63) is 0 Å². The van der Waals surface area contributed by atoms with Gasteiger partial charge < -0.3 is 0 Å². The molecule has 0 radical (unpaired) electrons. The van der Waals surface area contributed by atoms with Crippen molar-refractivity contribution in [2.24, 2.45) is 5.41 Å². The highest BCUT2D eigenvalue weighted by Crippen LogP contribution is 2.60. The Bertz CT molecular complexity index is 224. The molecule has 68 valence electrons. The molecule has 0 aromatic rings. The van der Waals surface area contributed by atoms with Crippen LogP contribution in [0.3, 0.4) is 0 Å². The smallest absolute Gasteiger partial charge is 0.115 e. The zero-order chi connectivity index (χ0) is 8.40. The molecule has 1 saturated carbocycles. The Hall–Kier alpha value is -0.110. The molecule has 2 heterocycles. The third-order valence-electron chi connectivity index (χ3n) is 4.08. The third kappa shape index (κ3) is 0.819. The Morgan fingerprint density at radius 2 is 2.17 bits per heavy atom. The molecule has 0 amide bonds. The minimum absolute atomic E-state index is 0.232. The number of hydrogen-bond donors (Lipinski definition) is 0. The SMILES string of the molecule is CC12CC(F)CN1CC1(CC1)C2. The molecule has 2 aliphatic heterocycles. The first-order chi connectivity index (χ1) is 5.62. The summed E-state index contributed by atoms with van der Waals surface area (Å²) in [6.45, 7) is 4.14. The standard InChI is InChI=1S/C10H16FN/c1-9-4-8(11)5-12(9)7-10(6-9)2-3-10/h8H,2-7H2,1H3. The van der Waals surface area contributed by atoms with Crippen molar-refractivity contribution in [3.8, 4) is 0 Å². The van der Waals surface area contributed by atoms with Gasteiger partial charge in [-0.15, -0.1) is 0 Å². The highest BCUT2D eigenvalue weighted by molar-refractivity contribution is 5.13. The molecule has 2 heteroatoms. The molecular formula is C10H16FN. The van der Waals surface area contributed by atoms with Gasteiger partial charge in [0.05, 0.1) is 0 Å². The predicted octanol–water partition coefficient (Wildman–Crippen LogP) is 1.97. The van der Waals surface area contributed by atoms with E-state index in [1.165, 1.54) is 25.8 Å². The van der Waals surface area contributed by atoms with Crippen LogP contribution in [0.5, 0.6) is 0 Å². The summed E-state index contributed by atoms with van der Waals surface area (Å²) in [5, 5.41) is 0. The van der Waals surface area contributed by atoms with Crippen molar-refractivity contribution in [2.75, 3.05) is 13.1 Å². The van der Waals surface area contributed by atoms with Crippen LogP contribution in [0.15, 0.2) is 0 Å². The van der Waals surface area contributed by atoms with E-state index in [9.17, 15) is 4.39 Å². The number of nitrogens with zero attached hydrogens (tertiary/aromatic N) is 1. The van der Waals surface area contributed by atoms with E-state index in [1.54, 1.807) is 0 Å². The van der Waals surface area contributed by atoms with E-state index >= 15 is 0 Å². The van der Waals surface area contributed by atoms with E-state index in [0.29, 0.717) is 12.0 Å². The number of fused-ring (bicyclic) bond motifs is 1. The molecule has 3 rings (SSSR count). The van der Waals surface area contributed by atoms with Crippen molar-refractivity contribution >= 4 is 0 Å². The van der Waals surface area contributed by atoms with Crippen LogP contribution in [0.1, 0.15) is 32.6 Å². The molecule has 1 nitrogen and oxygen atoms in total. The van der Waals surface area contributed by atoms with Crippen molar-refractivity contribution in [1.29, 1.82) is 0 Å². The van der Waals surface area contributed by atoms with Gasteiger partial charge in [0, 0.05) is 18.6 Å². The van der Waals surface area contributed by atoms with Gasteiger partial charge in [0.25, 0.3) is 0 Å². The molecular weight excluding hydrogens is 153 g/mol. The maximum absolute atomic E-state index is 13.1. The number of halogens is 1. The highest BCUT2D eigenvalue weighted by atomic mass is 19.1. The van der Waals surface area contributed by atoms with Crippen LogP contribution < -0.4 is 0 Å². The average molecular weight is 169 g/mol. The molecule has 0 N–H and O–H groups in total. The Morgan fingerprint density at radius 1 is 1.42 bits per heavy atom. The van der Waals surface area contributed by atoms with Gasteiger partial charge in [0.2, 0.25) is 0 Å². The van der Waals surface area contributed by atoms with Gasteiger partial charge in [0.1, 0.15) is 6.17 Å². The lowest BCUT2D eigenvalue weighted by molar-refractivity contribution is 0.216. The van der Waals surface area contributed by atoms with Crippen molar-refractivity contribution in [2.45, 2.75) is 44.3 Å². The van der Waals surface area contributed by atoms with E-state index < -0.39 is 6.17 Å². The Balaban J connectivity index is 1.86. The molecule has 12 heavy (non-hydrogen) atoms. The minimum Gasteiger partial charge on any atom is -0.294 e. The van der Waals surface area contributed by atoms with Crippen molar-refractivity contribution in [3.63, 3.8) is 0 Å². The van der Waals surface area contributed by atoms with Crippen LogP contribution in [0.4, 0.5) is 4.39 Å².